The van der Waals surface area contributed by atoms with E-state index in [1.807, 2.05) is 13.8 Å². The number of hydrogen-bond donors (Lipinski definition) is 1. The molecule has 0 unspecified atom stereocenters. The number of hydrogen-bond acceptors (Lipinski definition) is 3. The van der Waals surface area contributed by atoms with Crippen LogP contribution in [0.25, 0.3) is 0 Å². The van der Waals surface area contributed by atoms with Gasteiger partial charge in [-0.25, -0.2) is 12.7 Å². The predicted octanol–water partition coefficient (Wildman–Crippen LogP) is 0.643. The van der Waals surface area contributed by atoms with Crippen LogP contribution in [0.4, 0.5) is 0 Å². The molecule has 0 aromatic heterocycles. The van der Waals surface area contributed by atoms with Crippen molar-refractivity contribution in [1.82, 2.24) is 4.31 Å². The number of piperidine rings is 1. The lowest BCUT2D eigenvalue weighted by atomic mass is 9.99. The van der Waals surface area contributed by atoms with Gasteiger partial charge in [0.1, 0.15) is 0 Å². The summed E-state index contributed by atoms with van der Waals surface area (Å²) in [6.45, 7) is 5.85. The van der Waals surface area contributed by atoms with E-state index in [1.165, 1.54) is 0 Å². The Labute approximate surface area is 92.9 Å². The van der Waals surface area contributed by atoms with Crippen LogP contribution < -0.4 is 5.73 Å². The van der Waals surface area contributed by atoms with E-state index in [0.29, 0.717) is 25.6 Å². The molecule has 0 aromatic rings. The molecule has 1 aliphatic heterocycles. The lowest BCUT2D eigenvalue weighted by Gasteiger charge is -2.31. The minimum atomic E-state index is -3.02. The molecule has 0 aliphatic carbocycles. The van der Waals surface area contributed by atoms with Gasteiger partial charge in [-0.1, -0.05) is 13.8 Å². The third-order valence-corrected chi connectivity index (χ3v) is 5.08. The molecule has 0 spiro atoms. The van der Waals surface area contributed by atoms with Crippen molar-refractivity contribution in [2.75, 3.05) is 25.4 Å². The molecule has 5 heteroatoms. The normalized spacial score (nSPS) is 21.1. The number of nitrogens with two attached hydrogens (primary N) is 1. The molecule has 1 saturated heterocycles. The molecule has 4 nitrogen and oxygen atoms in total. The average molecular weight is 234 g/mol. The van der Waals surface area contributed by atoms with Crippen LogP contribution in [-0.2, 0) is 10.0 Å². The maximum atomic E-state index is 11.9. The first-order chi connectivity index (χ1) is 6.95. The largest absolute Gasteiger partial charge is 0.330 e. The second-order valence-corrected chi connectivity index (χ2v) is 6.76. The van der Waals surface area contributed by atoms with E-state index in [1.54, 1.807) is 4.31 Å². The van der Waals surface area contributed by atoms with Gasteiger partial charge in [0.05, 0.1) is 5.75 Å². The minimum Gasteiger partial charge on any atom is -0.330 e. The molecule has 0 atom stereocenters. The van der Waals surface area contributed by atoms with E-state index in [9.17, 15) is 8.42 Å². The Kier molecular flexibility index (Phi) is 4.55. The molecule has 1 rings (SSSR count). The number of rotatable bonds is 4. The summed E-state index contributed by atoms with van der Waals surface area (Å²) in [4.78, 5) is 0. The first-order valence-corrected chi connectivity index (χ1v) is 7.24. The molecule has 90 valence electrons. The second kappa shape index (κ2) is 5.27. The Morgan fingerprint density at radius 3 is 2.27 bits per heavy atom. The third kappa shape index (κ3) is 3.74. The van der Waals surface area contributed by atoms with Gasteiger partial charge in [-0.3, -0.25) is 0 Å². The number of nitrogens with zero attached hydrogens (tertiary/aromatic N) is 1. The third-order valence-electron chi connectivity index (χ3n) is 2.84. The standard InChI is InChI=1S/C10H22N2O2S/c1-9(2)8-15(13,14)12-5-3-10(7-11)4-6-12/h9-10H,3-8,11H2,1-2H3. The first-order valence-electron chi connectivity index (χ1n) is 5.63. The van der Waals surface area contributed by atoms with Crippen LogP contribution in [0.3, 0.4) is 0 Å². The molecule has 15 heavy (non-hydrogen) atoms. The van der Waals surface area contributed by atoms with Crippen molar-refractivity contribution in [3.05, 3.63) is 0 Å². The first kappa shape index (κ1) is 12.9. The van der Waals surface area contributed by atoms with Crippen LogP contribution in [-0.4, -0.2) is 38.1 Å². The van der Waals surface area contributed by atoms with Crippen molar-refractivity contribution >= 4 is 10.0 Å². The fraction of sp³-hybridized carbons (Fsp3) is 1.00. The summed E-state index contributed by atoms with van der Waals surface area (Å²) in [7, 11) is -3.02. The van der Waals surface area contributed by atoms with Gasteiger partial charge in [0.15, 0.2) is 0 Å². The molecule has 2 N–H and O–H groups in total. The van der Waals surface area contributed by atoms with Crippen LogP contribution >= 0.6 is 0 Å². The highest BCUT2D eigenvalue weighted by Gasteiger charge is 2.27. The van der Waals surface area contributed by atoms with E-state index in [0.717, 1.165) is 12.8 Å². The molecule has 0 amide bonds. The van der Waals surface area contributed by atoms with Crippen molar-refractivity contribution in [1.29, 1.82) is 0 Å². The predicted molar refractivity (Wildman–Crippen MR) is 62.0 cm³/mol. The molecule has 0 saturated carbocycles. The lowest BCUT2D eigenvalue weighted by molar-refractivity contribution is 0.277. The zero-order valence-corrected chi connectivity index (χ0v) is 10.5. The van der Waals surface area contributed by atoms with Crippen LogP contribution in [0.2, 0.25) is 0 Å². The number of sulfonamides is 1. The van der Waals surface area contributed by atoms with Gasteiger partial charge in [-0.15, -0.1) is 0 Å². The Morgan fingerprint density at radius 2 is 1.87 bits per heavy atom. The summed E-state index contributed by atoms with van der Waals surface area (Å²) < 4.78 is 25.4. The van der Waals surface area contributed by atoms with Gasteiger partial charge < -0.3 is 5.73 Å². The Hall–Kier alpha value is -0.130. The molecule has 1 fully saturated rings. The van der Waals surface area contributed by atoms with Gasteiger partial charge in [0, 0.05) is 13.1 Å². The lowest BCUT2D eigenvalue weighted by Crippen LogP contribution is -2.41. The molecular weight excluding hydrogens is 212 g/mol. The highest BCUT2D eigenvalue weighted by atomic mass is 32.2. The van der Waals surface area contributed by atoms with Crippen LogP contribution in [0.1, 0.15) is 26.7 Å². The Balaban J connectivity index is 2.52. The van der Waals surface area contributed by atoms with Crippen molar-refractivity contribution in [2.45, 2.75) is 26.7 Å². The smallest absolute Gasteiger partial charge is 0.214 e. The van der Waals surface area contributed by atoms with E-state index in [2.05, 4.69) is 0 Å². The summed E-state index contributed by atoms with van der Waals surface area (Å²) in [5.74, 6) is 0.970. The zero-order valence-electron chi connectivity index (χ0n) is 9.65. The van der Waals surface area contributed by atoms with Crippen LogP contribution in [0.15, 0.2) is 0 Å². The van der Waals surface area contributed by atoms with Gasteiger partial charge in [0.2, 0.25) is 10.0 Å². The van der Waals surface area contributed by atoms with Crippen molar-refractivity contribution in [3.8, 4) is 0 Å². The summed E-state index contributed by atoms with van der Waals surface area (Å²) in [6, 6.07) is 0. The van der Waals surface area contributed by atoms with Crippen molar-refractivity contribution in [2.24, 2.45) is 17.6 Å². The second-order valence-electron chi connectivity index (χ2n) is 4.75. The maximum absolute atomic E-state index is 11.9. The van der Waals surface area contributed by atoms with Gasteiger partial charge in [-0.05, 0) is 31.2 Å². The molecule has 1 aliphatic rings. The van der Waals surface area contributed by atoms with Crippen molar-refractivity contribution in [3.63, 3.8) is 0 Å². The van der Waals surface area contributed by atoms with E-state index < -0.39 is 10.0 Å². The Morgan fingerprint density at radius 1 is 1.33 bits per heavy atom. The summed E-state index contributed by atoms with van der Waals surface area (Å²) in [5.41, 5.74) is 5.57. The van der Waals surface area contributed by atoms with Gasteiger partial charge >= 0.3 is 0 Å². The topological polar surface area (TPSA) is 63.4 Å². The highest BCUT2D eigenvalue weighted by Crippen LogP contribution is 2.19. The maximum Gasteiger partial charge on any atom is 0.214 e. The quantitative estimate of drug-likeness (QED) is 0.776. The Bertz CT molecular complexity index is 280. The minimum absolute atomic E-state index is 0.197. The molecule has 0 aromatic carbocycles. The van der Waals surface area contributed by atoms with Gasteiger partial charge in [-0.2, -0.15) is 0 Å². The molecule has 1 heterocycles. The molecule has 0 radical (unpaired) electrons. The van der Waals surface area contributed by atoms with E-state index >= 15 is 0 Å². The monoisotopic (exact) mass is 234 g/mol. The molecule has 0 bridgehead atoms. The molecular formula is C10H22N2O2S. The SMILES string of the molecule is CC(C)CS(=O)(=O)N1CCC(CN)CC1. The van der Waals surface area contributed by atoms with E-state index in [-0.39, 0.29) is 11.7 Å². The summed E-state index contributed by atoms with van der Waals surface area (Å²) in [6.07, 6.45) is 1.82. The van der Waals surface area contributed by atoms with Crippen molar-refractivity contribution < 1.29 is 8.42 Å². The average Bonchev–Trinajstić information content (AvgIpc) is 2.16. The summed E-state index contributed by atoms with van der Waals surface area (Å²) in [5, 5.41) is 0. The van der Waals surface area contributed by atoms with E-state index in [4.69, 9.17) is 5.73 Å². The highest BCUT2D eigenvalue weighted by molar-refractivity contribution is 7.89. The van der Waals surface area contributed by atoms with Gasteiger partial charge in [0.25, 0.3) is 0 Å². The zero-order chi connectivity index (χ0) is 11.5. The van der Waals surface area contributed by atoms with Crippen LogP contribution in [0.5, 0.6) is 0 Å². The van der Waals surface area contributed by atoms with Crippen LogP contribution in [0, 0.1) is 11.8 Å². The fourth-order valence-corrected chi connectivity index (χ4v) is 3.77. The summed E-state index contributed by atoms with van der Waals surface area (Å²) >= 11 is 0. The fourth-order valence-electron chi connectivity index (χ4n) is 1.95.